The standard InChI is InChI=1S/C44H33N/c1-4-14-32(15-5-1)33-24-26-37(27-25-33)45(36-19-8-3-9-20-36)38-28-29-42(43(31-38)34-16-6-2-7-17-34)44-30-35-18-10-11-21-39(35)40-22-12-13-23-41(40)44/h1-14,16-32H,15H2. The largest absolute Gasteiger partial charge is 0.310 e. The van der Waals surface area contributed by atoms with Gasteiger partial charge in [-0.15, -0.1) is 0 Å². The van der Waals surface area contributed by atoms with Crippen molar-refractivity contribution in [1.82, 2.24) is 0 Å². The molecule has 0 spiro atoms. The molecule has 0 saturated carbocycles. The molecule has 7 aromatic carbocycles. The molecule has 0 heterocycles. The molecule has 7 aromatic rings. The first-order valence-electron chi connectivity index (χ1n) is 15.7. The first-order chi connectivity index (χ1) is 22.3. The second-order valence-electron chi connectivity index (χ2n) is 11.7. The Balaban J connectivity index is 1.32. The van der Waals surface area contributed by atoms with Gasteiger partial charge in [-0.1, -0.05) is 140 Å². The van der Waals surface area contributed by atoms with Crippen molar-refractivity contribution < 1.29 is 0 Å². The minimum Gasteiger partial charge on any atom is -0.310 e. The van der Waals surface area contributed by atoms with E-state index in [1.807, 2.05) is 0 Å². The van der Waals surface area contributed by atoms with Crippen LogP contribution in [0.15, 0.2) is 182 Å². The molecule has 0 aliphatic heterocycles. The molecule has 0 bridgehead atoms. The zero-order chi connectivity index (χ0) is 30.0. The van der Waals surface area contributed by atoms with Crippen molar-refractivity contribution in [3.05, 3.63) is 188 Å². The van der Waals surface area contributed by atoms with Crippen LogP contribution in [0.3, 0.4) is 0 Å². The lowest BCUT2D eigenvalue weighted by atomic mass is 9.88. The highest BCUT2D eigenvalue weighted by Crippen LogP contribution is 2.43. The number of hydrogen-bond donors (Lipinski definition) is 0. The smallest absolute Gasteiger partial charge is 0.0468 e. The number of para-hydroxylation sites is 1. The number of allylic oxidation sites excluding steroid dienone is 4. The van der Waals surface area contributed by atoms with E-state index in [9.17, 15) is 0 Å². The van der Waals surface area contributed by atoms with Gasteiger partial charge in [0, 0.05) is 23.0 Å². The summed E-state index contributed by atoms with van der Waals surface area (Å²) in [4.78, 5) is 2.37. The van der Waals surface area contributed by atoms with Gasteiger partial charge in [0.05, 0.1) is 0 Å². The molecule has 0 fully saturated rings. The maximum atomic E-state index is 2.37. The van der Waals surface area contributed by atoms with Crippen molar-refractivity contribution in [2.45, 2.75) is 12.3 Å². The van der Waals surface area contributed by atoms with Crippen LogP contribution in [-0.4, -0.2) is 0 Å². The molecule has 1 atom stereocenters. The summed E-state index contributed by atoms with van der Waals surface area (Å²) in [5, 5.41) is 5.09. The Morgan fingerprint density at radius 3 is 1.84 bits per heavy atom. The van der Waals surface area contributed by atoms with Gasteiger partial charge >= 0.3 is 0 Å². The summed E-state index contributed by atoms with van der Waals surface area (Å²) < 4.78 is 0. The minimum atomic E-state index is 0.426. The Hall–Kier alpha value is -5.66. The molecule has 45 heavy (non-hydrogen) atoms. The maximum absolute atomic E-state index is 2.37. The SMILES string of the molecule is C1=CCC(c2ccc(N(c3ccccc3)c3ccc(-c4cc5ccccc5c5ccccc45)c(-c4ccccc4)c3)cc2)C=C1. The molecule has 0 aromatic heterocycles. The van der Waals surface area contributed by atoms with Gasteiger partial charge in [0.15, 0.2) is 0 Å². The number of benzene rings is 7. The molecule has 1 nitrogen and oxygen atoms in total. The van der Waals surface area contributed by atoms with E-state index in [0.717, 1.165) is 23.5 Å². The number of rotatable bonds is 6. The first kappa shape index (κ1) is 26.9. The van der Waals surface area contributed by atoms with E-state index in [0.29, 0.717) is 5.92 Å². The topological polar surface area (TPSA) is 3.24 Å². The van der Waals surface area contributed by atoms with Crippen molar-refractivity contribution in [3.63, 3.8) is 0 Å². The van der Waals surface area contributed by atoms with Crippen molar-refractivity contribution in [3.8, 4) is 22.3 Å². The van der Waals surface area contributed by atoms with E-state index in [4.69, 9.17) is 0 Å². The van der Waals surface area contributed by atoms with Gasteiger partial charge in [0.1, 0.15) is 0 Å². The third-order valence-corrected chi connectivity index (χ3v) is 8.98. The van der Waals surface area contributed by atoms with Gasteiger partial charge in [0.2, 0.25) is 0 Å². The second kappa shape index (κ2) is 11.8. The van der Waals surface area contributed by atoms with Crippen LogP contribution >= 0.6 is 0 Å². The second-order valence-corrected chi connectivity index (χ2v) is 11.7. The summed E-state index contributed by atoms with van der Waals surface area (Å²) in [6.07, 6.45) is 9.88. The molecule has 0 saturated heterocycles. The van der Waals surface area contributed by atoms with Crippen LogP contribution in [0.1, 0.15) is 17.9 Å². The van der Waals surface area contributed by atoms with Crippen LogP contribution in [0.25, 0.3) is 43.8 Å². The average Bonchev–Trinajstić information content (AvgIpc) is 3.13. The predicted octanol–water partition coefficient (Wildman–Crippen LogP) is 12.4. The number of anilines is 3. The van der Waals surface area contributed by atoms with Crippen LogP contribution < -0.4 is 4.90 Å². The fraction of sp³-hybridized carbons (Fsp3) is 0.0455. The molecular formula is C44H33N. The molecular weight excluding hydrogens is 542 g/mol. The van der Waals surface area contributed by atoms with Crippen molar-refractivity contribution in [2.75, 3.05) is 4.90 Å². The van der Waals surface area contributed by atoms with Crippen LogP contribution in [0, 0.1) is 0 Å². The summed E-state index contributed by atoms with van der Waals surface area (Å²) in [7, 11) is 0. The molecule has 1 aliphatic carbocycles. The summed E-state index contributed by atoms with van der Waals surface area (Å²) >= 11 is 0. The minimum absolute atomic E-state index is 0.426. The van der Waals surface area contributed by atoms with Gasteiger partial charge in [0.25, 0.3) is 0 Å². The zero-order valence-electron chi connectivity index (χ0n) is 25.1. The van der Waals surface area contributed by atoms with E-state index in [2.05, 4.69) is 187 Å². The highest BCUT2D eigenvalue weighted by atomic mass is 15.1. The van der Waals surface area contributed by atoms with E-state index < -0.39 is 0 Å². The van der Waals surface area contributed by atoms with Gasteiger partial charge in [-0.3, -0.25) is 0 Å². The highest BCUT2D eigenvalue weighted by Gasteiger charge is 2.18. The normalized spacial score (nSPS) is 14.2. The monoisotopic (exact) mass is 575 g/mol. The van der Waals surface area contributed by atoms with E-state index in [1.165, 1.54) is 49.4 Å². The number of hydrogen-bond acceptors (Lipinski definition) is 1. The first-order valence-corrected chi connectivity index (χ1v) is 15.7. The van der Waals surface area contributed by atoms with E-state index in [1.54, 1.807) is 0 Å². The molecule has 0 radical (unpaired) electrons. The van der Waals surface area contributed by atoms with Gasteiger partial charge < -0.3 is 4.90 Å². The molecule has 8 rings (SSSR count). The Morgan fingerprint density at radius 1 is 0.444 bits per heavy atom. The van der Waals surface area contributed by atoms with E-state index >= 15 is 0 Å². The fourth-order valence-corrected chi connectivity index (χ4v) is 6.76. The van der Waals surface area contributed by atoms with Gasteiger partial charge in [-0.25, -0.2) is 0 Å². The van der Waals surface area contributed by atoms with Crippen molar-refractivity contribution >= 4 is 38.6 Å². The van der Waals surface area contributed by atoms with Gasteiger partial charge in [-0.2, -0.15) is 0 Å². The fourth-order valence-electron chi connectivity index (χ4n) is 6.76. The highest BCUT2D eigenvalue weighted by molar-refractivity contribution is 6.15. The lowest BCUT2D eigenvalue weighted by Gasteiger charge is -2.27. The quantitative estimate of drug-likeness (QED) is 0.178. The molecule has 1 unspecified atom stereocenters. The summed E-state index contributed by atoms with van der Waals surface area (Å²) in [6, 6.07) is 57.4. The average molecular weight is 576 g/mol. The molecule has 214 valence electrons. The van der Waals surface area contributed by atoms with Crippen molar-refractivity contribution in [2.24, 2.45) is 0 Å². The number of fused-ring (bicyclic) bond motifs is 3. The third-order valence-electron chi connectivity index (χ3n) is 8.98. The van der Waals surface area contributed by atoms with Crippen molar-refractivity contribution in [1.29, 1.82) is 0 Å². The van der Waals surface area contributed by atoms with Crippen LogP contribution in [-0.2, 0) is 0 Å². The predicted molar refractivity (Wildman–Crippen MR) is 193 cm³/mol. The Morgan fingerprint density at radius 2 is 1.09 bits per heavy atom. The molecule has 1 heteroatoms. The maximum Gasteiger partial charge on any atom is 0.0468 e. The summed E-state index contributed by atoms with van der Waals surface area (Å²) in [5.41, 5.74) is 9.64. The van der Waals surface area contributed by atoms with Crippen LogP contribution in [0.5, 0.6) is 0 Å². The molecule has 0 N–H and O–H groups in total. The van der Waals surface area contributed by atoms with Crippen LogP contribution in [0.4, 0.5) is 17.1 Å². The lowest BCUT2D eigenvalue weighted by Crippen LogP contribution is -2.10. The van der Waals surface area contributed by atoms with Gasteiger partial charge in [-0.05, 0) is 98.2 Å². The zero-order valence-corrected chi connectivity index (χ0v) is 25.1. The third kappa shape index (κ3) is 5.13. The summed E-state index contributed by atoms with van der Waals surface area (Å²) in [6.45, 7) is 0. The Labute approximate surface area is 265 Å². The molecule has 0 amide bonds. The Kier molecular flexibility index (Phi) is 7.05. The Bertz CT molecular complexity index is 2170. The van der Waals surface area contributed by atoms with E-state index in [-0.39, 0.29) is 0 Å². The van der Waals surface area contributed by atoms with Crippen LogP contribution in [0.2, 0.25) is 0 Å². The summed E-state index contributed by atoms with van der Waals surface area (Å²) in [5.74, 6) is 0.426. The number of nitrogens with zero attached hydrogens (tertiary/aromatic N) is 1. The lowest BCUT2D eigenvalue weighted by molar-refractivity contribution is 0.854. The molecule has 1 aliphatic rings.